The van der Waals surface area contributed by atoms with Crippen molar-refractivity contribution < 1.29 is 28.8 Å². The van der Waals surface area contributed by atoms with Crippen LogP contribution in [0.25, 0.3) is 0 Å². The second-order valence-corrected chi connectivity index (χ2v) is 7.29. The number of aliphatic carboxylic acids is 1. The van der Waals surface area contributed by atoms with Gasteiger partial charge in [-0.25, -0.2) is 9.36 Å². The molecule has 0 bridgehead atoms. The molecular formula is C16H33O6P. The normalized spacial score (nSPS) is 13.2. The summed E-state index contributed by atoms with van der Waals surface area (Å²) in [5.74, 6) is -1.32. The molecule has 0 aliphatic rings. The second-order valence-electron chi connectivity index (χ2n) is 6.10. The van der Waals surface area contributed by atoms with Gasteiger partial charge in [-0.2, -0.15) is 0 Å². The van der Waals surface area contributed by atoms with Crippen molar-refractivity contribution in [3.63, 3.8) is 0 Å². The first-order chi connectivity index (χ1) is 10.9. The molecule has 0 rings (SSSR count). The lowest BCUT2D eigenvalue weighted by Gasteiger charge is -2.13. The fourth-order valence-electron chi connectivity index (χ4n) is 2.56. The van der Waals surface area contributed by atoms with Gasteiger partial charge in [-0.15, -0.1) is 0 Å². The molecule has 1 unspecified atom stereocenters. The lowest BCUT2D eigenvalue weighted by Crippen LogP contribution is -2.22. The lowest BCUT2D eigenvalue weighted by molar-refractivity contribution is -0.146. The van der Waals surface area contributed by atoms with Crippen LogP contribution < -0.4 is 0 Å². The topological polar surface area (TPSA) is 104 Å². The molecule has 0 aromatic carbocycles. The van der Waals surface area contributed by atoms with E-state index in [1.165, 1.54) is 51.4 Å². The van der Waals surface area contributed by atoms with Gasteiger partial charge in [-0.05, 0) is 6.42 Å². The molecule has 7 heteroatoms. The summed E-state index contributed by atoms with van der Waals surface area (Å²) >= 11 is 0. The Bertz CT molecular complexity index is 341. The molecule has 3 N–H and O–H groups in total. The van der Waals surface area contributed by atoms with Gasteiger partial charge in [0.1, 0.15) is 0 Å². The molecule has 0 aliphatic carbocycles. The first kappa shape index (κ1) is 22.6. The van der Waals surface area contributed by atoms with Crippen LogP contribution in [0.2, 0.25) is 0 Å². The molecule has 0 aromatic rings. The molecule has 0 heterocycles. The van der Waals surface area contributed by atoms with E-state index < -0.39 is 19.9 Å². The Kier molecular flexibility index (Phi) is 13.7. The summed E-state index contributed by atoms with van der Waals surface area (Å²) < 4.78 is 14.9. The van der Waals surface area contributed by atoms with E-state index in [1.54, 1.807) is 0 Å². The van der Waals surface area contributed by atoms with Crippen LogP contribution in [0.1, 0.15) is 90.4 Å². The van der Waals surface area contributed by atoms with E-state index in [9.17, 15) is 9.36 Å². The maximum absolute atomic E-state index is 10.8. The van der Waals surface area contributed by atoms with Crippen molar-refractivity contribution in [2.75, 3.05) is 0 Å². The minimum absolute atomic E-state index is 0.137. The minimum atomic E-state index is -4.74. The number of carboxylic acid groups (broad SMARTS) is 1. The van der Waals surface area contributed by atoms with E-state index in [1.807, 2.05) is 0 Å². The number of phosphoric acid groups is 1. The highest BCUT2D eigenvalue weighted by Gasteiger charge is 2.27. The van der Waals surface area contributed by atoms with Crippen LogP contribution in [0.4, 0.5) is 0 Å². The van der Waals surface area contributed by atoms with Crippen LogP contribution in [-0.4, -0.2) is 27.0 Å². The van der Waals surface area contributed by atoms with Gasteiger partial charge in [0, 0.05) is 0 Å². The molecule has 1 atom stereocenters. The monoisotopic (exact) mass is 352 g/mol. The van der Waals surface area contributed by atoms with Gasteiger partial charge >= 0.3 is 13.8 Å². The highest BCUT2D eigenvalue weighted by Crippen LogP contribution is 2.38. The molecule has 23 heavy (non-hydrogen) atoms. The van der Waals surface area contributed by atoms with Crippen molar-refractivity contribution in [1.29, 1.82) is 0 Å². The third-order valence-corrected chi connectivity index (χ3v) is 4.39. The summed E-state index contributed by atoms with van der Waals surface area (Å²) in [5.41, 5.74) is 0. The average molecular weight is 352 g/mol. The van der Waals surface area contributed by atoms with Crippen molar-refractivity contribution in [3.05, 3.63) is 0 Å². The molecule has 0 saturated carbocycles. The highest BCUT2D eigenvalue weighted by atomic mass is 31.2. The Morgan fingerprint density at radius 1 is 0.870 bits per heavy atom. The lowest BCUT2D eigenvalue weighted by atomic mass is 10.0. The van der Waals surface area contributed by atoms with Crippen LogP contribution in [0.3, 0.4) is 0 Å². The van der Waals surface area contributed by atoms with E-state index in [-0.39, 0.29) is 6.42 Å². The van der Waals surface area contributed by atoms with Gasteiger partial charge in [0.05, 0.1) is 0 Å². The standard InChI is InChI=1S/C16H33O6P/c1-2-3-4-5-6-7-8-9-10-11-12-13-14-15(16(17)18)22-23(19,20)21/h15H,2-14H2,1H3,(H,17,18)(H2,19,20,21). The average Bonchev–Trinajstić information content (AvgIpc) is 2.45. The van der Waals surface area contributed by atoms with Gasteiger partial charge in [0.15, 0.2) is 6.10 Å². The smallest absolute Gasteiger partial charge is 0.470 e. The zero-order valence-electron chi connectivity index (χ0n) is 14.3. The van der Waals surface area contributed by atoms with Crippen molar-refractivity contribution in [2.45, 2.75) is 96.5 Å². The largest absolute Gasteiger partial charge is 0.479 e. The number of unbranched alkanes of at least 4 members (excludes halogenated alkanes) is 11. The van der Waals surface area contributed by atoms with Gasteiger partial charge in [-0.3, -0.25) is 4.52 Å². The summed E-state index contributed by atoms with van der Waals surface area (Å²) in [4.78, 5) is 28.1. The number of hydrogen-bond donors (Lipinski definition) is 3. The molecule has 0 amide bonds. The molecule has 0 aromatic heterocycles. The van der Waals surface area contributed by atoms with E-state index in [0.717, 1.165) is 19.3 Å². The summed E-state index contributed by atoms with van der Waals surface area (Å²) in [6, 6.07) is 0. The molecule has 0 saturated heterocycles. The van der Waals surface area contributed by atoms with Crippen LogP contribution in [0, 0.1) is 0 Å². The summed E-state index contributed by atoms with van der Waals surface area (Å²) in [6.07, 6.45) is 12.7. The SMILES string of the molecule is CCCCCCCCCCCCCCC(OP(=O)(O)O)C(=O)O. The summed E-state index contributed by atoms with van der Waals surface area (Å²) in [5, 5.41) is 8.85. The highest BCUT2D eigenvalue weighted by molar-refractivity contribution is 7.46. The van der Waals surface area contributed by atoms with E-state index in [4.69, 9.17) is 14.9 Å². The Labute approximate surface area is 139 Å². The van der Waals surface area contributed by atoms with Gasteiger partial charge < -0.3 is 14.9 Å². The Hall–Kier alpha value is -0.420. The third kappa shape index (κ3) is 16.2. The summed E-state index contributed by atoms with van der Waals surface area (Å²) in [7, 11) is -4.74. The van der Waals surface area contributed by atoms with Crippen molar-refractivity contribution in [3.8, 4) is 0 Å². The molecule has 0 fully saturated rings. The fraction of sp³-hybridized carbons (Fsp3) is 0.938. The van der Waals surface area contributed by atoms with Crippen LogP contribution in [0.5, 0.6) is 0 Å². The van der Waals surface area contributed by atoms with Crippen molar-refractivity contribution in [1.82, 2.24) is 0 Å². The third-order valence-electron chi connectivity index (χ3n) is 3.86. The van der Waals surface area contributed by atoms with Crippen molar-refractivity contribution >= 4 is 13.8 Å². The van der Waals surface area contributed by atoms with Gasteiger partial charge in [0.2, 0.25) is 0 Å². The maximum atomic E-state index is 10.8. The predicted molar refractivity (Wildman–Crippen MR) is 90.2 cm³/mol. The first-order valence-corrected chi connectivity index (χ1v) is 10.4. The number of carboxylic acids is 1. The molecule has 6 nitrogen and oxygen atoms in total. The van der Waals surface area contributed by atoms with Gasteiger partial charge in [0.25, 0.3) is 0 Å². The Morgan fingerprint density at radius 3 is 1.61 bits per heavy atom. The fourth-order valence-corrected chi connectivity index (χ4v) is 3.08. The van der Waals surface area contributed by atoms with E-state index in [2.05, 4.69) is 11.4 Å². The summed E-state index contributed by atoms with van der Waals surface area (Å²) in [6.45, 7) is 2.22. The van der Waals surface area contributed by atoms with Crippen LogP contribution >= 0.6 is 7.82 Å². The zero-order chi connectivity index (χ0) is 17.6. The van der Waals surface area contributed by atoms with Crippen LogP contribution in [0.15, 0.2) is 0 Å². The molecule has 0 radical (unpaired) electrons. The molecule has 0 aliphatic heterocycles. The zero-order valence-corrected chi connectivity index (χ0v) is 15.2. The minimum Gasteiger partial charge on any atom is -0.479 e. The van der Waals surface area contributed by atoms with Crippen LogP contribution in [-0.2, 0) is 13.9 Å². The molecular weight excluding hydrogens is 319 g/mol. The predicted octanol–water partition coefficient (Wildman–Crippen LogP) is 4.64. The quantitative estimate of drug-likeness (QED) is 0.276. The number of rotatable bonds is 16. The first-order valence-electron chi connectivity index (χ1n) is 8.83. The number of phosphoric ester groups is 1. The van der Waals surface area contributed by atoms with Crippen molar-refractivity contribution in [2.24, 2.45) is 0 Å². The Balaban J connectivity index is 3.46. The van der Waals surface area contributed by atoms with Gasteiger partial charge in [-0.1, -0.05) is 84.0 Å². The maximum Gasteiger partial charge on any atom is 0.470 e. The Morgan fingerprint density at radius 2 is 1.26 bits per heavy atom. The molecule has 138 valence electrons. The number of carbonyl (C=O) groups is 1. The number of hydrogen-bond acceptors (Lipinski definition) is 3. The van der Waals surface area contributed by atoms with E-state index in [0.29, 0.717) is 6.42 Å². The van der Waals surface area contributed by atoms with E-state index >= 15 is 0 Å². The second kappa shape index (κ2) is 14.0. The molecule has 0 spiro atoms.